The summed E-state index contributed by atoms with van der Waals surface area (Å²) in [5.74, 6) is -0.645. The van der Waals surface area contributed by atoms with Crippen LogP contribution in [0.5, 0.6) is 0 Å². The van der Waals surface area contributed by atoms with Crippen LogP contribution >= 0.6 is 11.6 Å². The van der Waals surface area contributed by atoms with E-state index in [4.69, 9.17) is 16.4 Å². The van der Waals surface area contributed by atoms with Gasteiger partial charge in [-0.2, -0.15) is 13.2 Å². The van der Waals surface area contributed by atoms with Gasteiger partial charge >= 0.3 is 12.3 Å². The van der Waals surface area contributed by atoms with Crippen LogP contribution in [0.3, 0.4) is 0 Å². The zero-order chi connectivity index (χ0) is 24.3. The minimum Gasteiger partial charge on any atom is -0.323 e. The van der Waals surface area contributed by atoms with Crippen molar-refractivity contribution in [1.29, 1.82) is 0 Å². The van der Waals surface area contributed by atoms with E-state index in [9.17, 15) is 22.4 Å². The van der Waals surface area contributed by atoms with Crippen molar-refractivity contribution in [3.05, 3.63) is 94.3 Å². The van der Waals surface area contributed by atoms with Crippen molar-refractivity contribution >= 4 is 40.6 Å². The lowest BCUT2D eigenvalue weighted by molar-refractivity contribution is -0.137. The molecule has 6 nitrogen and oxygen atoms in total. The third kappa shape index (κ3) is 5.34. The number of amides is 1. The summed E-state index contributed by atoms with van der Waals surface area (Å²) in [6.07, 6.45) is -5.54. The highest BCUT2D eigenvalue weighted by Crippen LogP contribution is 2.35. The Morgan fingerprint density at radius 2 is 1.79 bits per heavy atom. The first-order valence-corrected chi connectivity index (χ1v) is 10.2. The molecule has 1 aliphatic rings. The molecular formula is C23H15ClF4N4O2. The second-order valence-corrected chi connectivity index (χ2v) is 7.49. The van der Waals surface area contributed by atoms with Gasteiger partial charge in [0.25, 0.3) is 0 Å². The van der Waals surface area contributed by atoms with E-state index in [2.05, 4.69) is 20.8 Å². The molecule has 0 saturated carbocycles. The van der Waals surface area contributed by atoms with Crippen LogP contribution in [-0.2, 0) is 11.0 Å². The van der Waals surface area contributed by atoms with E-state index in [0.29, 0.717) is 10.7 Å². The molecular weight excluding hydrogens is 476 g/mol. The van der Waals surface area contributed by atoms with Crippen LogP contribution in [0.1, 0.15) is 16.7 Å². The van der Waals surface area contributed by atoms with Gasteiger partial charge in [0.1, 0.15) is 12.4 Å². The highest BCUT2D eigenvalue weighted by atomic mass is 35.5. The first kappa shape index (κ1) is 23.2. The summed E-state index contributed by atoms with van der Waals surface area (Å²) >= 11 is 5.87. The van der Waals surface area contributed by atoms with Gasteiger partial charge in [0, 0.05) is 21.8 Å². The molecule has 1 aliphatic heterocycles. The van der Waals surface area contributed by atoms with Gasteiger partial charge in [0.05, 0.1) is 17.0 Å². The molecule has 0 aromatic heterocycles. The lowest BCUT2D eigenvalue weighted by Gasteiger charge is -2.15. The second-order valence-electron chi connectivity index (χ2n) is 7.06. The van der Waals surface area contributed by atoms with Gasteiger partial charge in [-0.3, -0.25) is 10.3 Å². The fraction of sp³-hybridized carbons (Fsp3) is 0.0870. The number of rotatable bonds is 2. The Bertz CT molecular complexity index is 1310. The molecule has 2 N–H and O–H groups in total. The summed E-state index contributed by atoms with van der Waals surface area (Å²) in [5.41, 5.74) is 1.71. The summed E-state index contributed by atoms with van der Waals surface area (Å²) in [7, 11) is 0. The first-order valence-electron chi connectivity index (χ1n) is 9.78. The van der Waals surface area contributed by atoms with Gasteiger partial charge in [-0.1, -0.05) is 35.9 Å². The number of fused-ring (bicyclic) bond motifs is 1. The Labute approximate surface area is 195 Å². The van der Waals surface area contributed by atoms with E-state index < -0.39 is 23.7 Å². The van der Waals surface area contributed by atoms with Gasteiger partial charge in [-0.05, 0) is 42.5 Å². The molecule has 34 heavy (non-hydrogen) atoms. The number of amidine groups is 1. The van der Waals surface area contributed by atoms with Crippen LogP contribution in [0.4, 0.5) is 33.7 Å². The standard InChI is InChI=1S/C23H15ClF4N4O2/c24-13-4-3-5-15(10-13)30-22(33)34-32-20-12-29-21(17-11-14(25)8-9-19(17)31-20)16-6-1-2-7-18(16)23(26,27)28/h1-11H,12H2,(H,30,33)(H,31,32). The number of nitrogens with one attached hydrogen (secondary N) is 2. The molecule has 3 aromatic carbocycles. The maximum Gasteiger partial charge on any atom is 0.435 e. The van der Waals surface area contributed by atoms with Crippen molar-refractivity contribution in [3.8, 4) is 0 Å². The van der Waals surface area contributed by atoms with Crippen molar-refractivity contribution in [2.75, 3.05) is 11.9 Å². The van der Waals surface area contributed by atoms with Crippen LogP contribution in [-0.4, -0.2) is 24.2 Å². The molecule has 11 heteroatoms. The summed E-state index contributed by atoms with van der Waals surface area (Å²) in [6.45, 7) is -0.262. The van der Waals surface area contributed by atoms with E-state index in [1.807, 2.05) is 0 Å². The number of halogens is 5. The van der Waals surface area contributed by atoms with Gasteiger partial charge in [-0.25, -0.2) is 19.7 Å². The Kier molecular flexibility index (Phi) is 6.51. The number of aliphatic imine (C=N–C) groups is 2. The third-order valence-corrected chi connectivity index (χ3v) is 4.91. The normalized spacial score (nSPS) is 13.2. The number of hydrogen-bond donors (Lipinski definition) is 2. The van der Waals surface area contributed by atoms with Crippen LogP contribution in [0, 0.1) is 5.82 Å². The van der Waals surface area contributed by atoms with E-state index in [-0.39, 0.29) is 34.9 Å². The smallest absolute Gasteiger partial charge is 0.323 e. The molecule has 0 saturated heterocycles. The molecule has 4 rings (SSSR count). The zero-order valence-electron chi connectivity index (χ0n) is 17.2. The van der Waals surface area contributed by atoms with Gasteiger partial charge < -0.3 is 4.84 Å². The molecule has 0 aliphatic carbocycles. The monoisotopic (exact) mass is 490 g/mol. The van der Waals surface area contributed by atoms with Gasteiger partial charge in [0.2, 0.25) is 0 Å². The highest BCUT2D eigenvalue weighted by molar-refractivity contribution is 6.30. The lowest BCUT2D eigenvalue weighted by atomic mass is 9.96. The maximum absolute atomic E-state index is 14.0. The van der Waals surface area contributed by atoms with Crippen molar-refractivity contribution in [2.24, 2.45) is 9.98 Å². The Balaban J connectivity index is 1.61. The minimum absolute atomic E-state index is 0.0218. The Morgan fingerprint density at radius 1 is 1.00 bits per heavy atom. The topological polar surface area (TPSA) is 75.1 Å². The molecule has 1 amide bonds. The van der Waals surface area contributed by atoms with Crippen LogP contribution in [0.15, 0.2) is 76.7 Å². The lowest BCUT2D eigenvalue weighted by Crippen LogP contribution is -2.31. The van der Waals surface area contributed by atoms with Crippen LogP contribution in [0.25, 0.3) is 0 Å². The third-order valence-electron chi connectivity index (χ3n) is 4.68. The van der Waals surface area contributed by atoms with E-state index >= 15 is 0 Å². The van der Waals surface area contributed by atoms with Crippen molar-refractivity contribution in [3.63, 3.8) is 0 Å². The van der Waals surface area contributed by atoms with Crippen molar-refractivity contribution in [1.82, 2.24) is 5.48 Å². The molecule has 0 fully saturated rings. The minimum atomic E-state index is -4.65. The molecule has 0 atom stereocenters. The van der Waals surface area contributed by atoms with E-state index in [1.165, 1.54) is 30.3 Å². The number of carbonyl (C=O) groups is 1. The number of hydroxylamine groups is 1. The van der Waals surface area contributed by atoms with E-state index in [0.717, 1.165) is 18.2 Å². The van der Waals surface area contributed by atoms with Crippen LogP contribution in [0.2, 0.25) is 5.02 Å². The second kappa shape index (κ2) is 9.52. The predicted octanol–water partition coefficient (Wildman–Crippen LogP) is 6.13. The molecule has 174 valence electrons. The van der Waals surface area contributed by atoms with Gasteiger partial charge in [-0.15, -0.1) is 0 Å². The maximum atomic E-state index is 14.0. The Morgan fingerprint density at radius 3 is 2.56 bits per heavy atom. The average molecular weight is 491 g/mol. The number of alkyl halides is 3. The van der Waals surface area contributed by atoms with Crippen LogP contribution < -0.4 is 10.8 Å². The highest BCUT2D eigenvalue weighted by Gasteiger charge is 2.35. The molecule has 0 spiro atoms. The van der Waals surface area contributed by atoms with E-state index in [1.54, 1.807) is 18.2 Å². The average Bonchev–Trinajstić information content (AvgIpc) is 2.96. The summed E-state index contributed by atoms with van der Waals surface area (Å²) < 4.78 is 54.8. The number of carbonyl (C=O) groups excluding carboxylic acids is 1. The summed E-state index contributed by atoms with van der Waals surface area (Å²) in [4.78, 5) is 25.5. The quantitative estimate of drug-likeness (QED) is 0.335. The number of hydrogen-bond acceptors (Lipinski definition) is 5. The summed E-state index contributed by atoms with van der Waals surface area (Å²) in [6, 6.07) is 14.7. The molecule has 1 heterocycles. The molecule has 0 unspecified atom stereocenters. The van der Waals surface area contributed by atoms with Gasteiger partial charge in [0.15, 0.2) is 5.84 Å². The fourth-order valence-electron chi connectivity index (χ4n) is 3.25. The SMILES string of the molecule is O=C(Nc1cccc(Cl)c1)ONC1=Nc2ccc(F)cc2C(c2ccccc2C(F)(F)F)=NC1. The van der Waals surface area contributed by atoms with Crippen molar-refractivity contribution in [2.45, 2.75) is 6.18 Å². The number of nitrogens with zero attached hydrogens (tertiary/aromatic N) is 2. The molecule has 0 bridgehead atoms. The first-order chi connectivity index (χ1) is 16.2. The number of anilines is 1. The zero-order valence-corrected chi connectivity index (χ0v) is 17.9. The molecule has 3 aromatic rings. The molecule has 0 radical (unpaired) electrons. The Hall–Kier alpha value is -3.92. The van der Waals surface area contributed by atoms with Crippen molar-refractivity contribution < 1.29 is 27.2 Å². The number of benzene rings is 3. The largest absolute Gasteiger partial charge is 0.435 e. The predicted molar refractivity (Wildman–Crippen MR) is 120 cm³/mol. The summed E-state index contributed by atoms with van der Waals surface area (Å²) in [5, 5.41) is 2.86. The fourth-order valence-corrected chi connectivity index (χ4v) is 3.44.